The first-order valence-electron chi connectivity index (χ1n) is 12.4. The molecule has 0 aliphatic carbocycles. The van der Waals surface area contributed by atoms with E-state index in [4.69, 9.17) is 10.1 Å². The molecule has 2 aromatic rings. The van der Waals surface area contributed by atoms with Crippen molar-refractivity contribution >= 4 is 39.4 Å². The van der Waals surface area contributed by atoms with E-state index in [1.807, 2.05) is 12.3 Å². The summed E-state index contributed by atoms with van der Waals surface area (Å²) in [5.74, 6) is -0.218. The number of carboxylic acid groups (broad SMARTS) is 1. The van der Waals surface area contributed by atoms with Gasteiger partial charge < -0.3 is 20.7 Å². The number of carbonyl (C=O) groups is 1. The summed E-state index contributed by atoms with van der Waals surface area (Å²) in [7, 11) is -3.31. The third-order valence-corrected chi connectivity index (χ3v) is 9.16. The lowest BCUT2D eigenvalue weighted by Gasteiger charge is -2.51. The second kappa shape index (κ2) is 10.1. The second-order valence-electron chi connectivity index (χ2n) is 9.74. The molecule has 1 saturated heterocycles. The number of aromatic carboxylic acids is 1. The molecule has 12 heteroatoms. The van der Waals surface area contributed by atoms with E-state index in [-0.39, 0.29) is 23.7 Å². The maximum atomic E-state index is 12.4. The monoisotopic (exact) mass is 535 g/mol. The molecule has 11 nitrogen and oxygen atoms in total. The lowest BCUT2D eigenvalue weighted by atomic mass is 9.66. The van der Waals surface area contributed by atoms with Crippen LogP contribution in [0.3, 0.4) is 0 Å². The Morgan fingerprint density at radius 2 is 2.05 bits per heavy atom. The molecule has 0 bridgehead atoms. The molecule has 0 amide bonds. The predicted molar refractivity (Wildman–Crippen MR) is 145 cm³/mol. The van der Waals surface area contributed by atoms with Crippen LogP contribution in [-0.2, 0) is 10.0 Å². The number of aromatic nitrogens is 1. The van der Waals surface area contributed by atoms with Crippen molar-refractivity contribution in [2.24, 2.45) is 21.3 Å². The van der Waals surface area contributed by atoms with Crippen molar-refractivity contribution < 1.29 is 18.3 Å². The number of hydrogen-bond donors (Lipinski definition) is 4. The smallest absolute Gasteiger partial charge is 0.335 e. The number of allylic oxidation sites excluding steroid dienone is 2. The van der Waals surface area contributed by atoms with Crippen LogP contribution in [0.15, 0.2) is 58.2 Å². The predicted octanol–water partition coefficient (Wildman–Crippen LogP) is 2.91. The fraction of sp³-hybridized carbons (Fsp3) is 0.385. The quantitative estimate of drug-likeness (QED) is 0.404. The molecular formula is C26H29N7O4S. The number of aromatic amines is 1. The number of fused-ring (bicyclic) bond motifs is 1. The normalized spacial score (nSPS) is 22.5. The van der Waals surface area contributed by atoms with Crippen molar-refractivity contribution in [1.29, 1.82) is 5.26 Å². The zero-order valence-electron chi connectivity index (χ0n) is 20.9. The average molecular weight is 536 g/mol. The Morgan fingerprint density at radius 3 is 2.74 bits per heavy atom. The number of nitrogens with one attached hydrogen (secondary N) is 3. The van der Waals surface area contributed by atoms with Gasteiger partial charge in [-0.2, -0.15) is 5.26 Å². The summed E-state index contributed by atoms with van der Waals surface area (Å²) in [6.07, 6.45) is 6.16. The standard InChI is InChI=1S/C26H29N7O4S/c1-2-38(36,37)33-15-26(16-33,9-10-27)19-7-11-28-14-18(13-19)22-21-8-12-29-23(21)32-25(31-22)30-20-5-3-17(4-6-20)24(34)35/h3-6,8,12-14,19,25,29-30,32H,2,7,9,11,15-16H2,1H3,(H,34,35). The van der Waals surface area contributed by atoms with Crippen molar-refractivity contribution in [3.8, 4) is 6.07 Å². The van der Waals surface area contributed by atoms with Gasteiger partial charge in [0.2, 0.25) is 10.0 Å². The van der Waals surface area contributed by atoms with Gasteiger partial charge in [-0.15, -0.1) is 0 Å². The van der Waals surface area contributed by atoms with Crippen molar-refractivity contribution in [2.45, 2.75) is 26.1 Å². The van der Waals surface area contributed by atoms with E-state index in [1.54, 1.807) is 25.3 Å². The van der Waals surface area contributed by atoms with E-state index in [9.17, 15) is 18.5 Å². The van der Waals surface area contributed by atoms with Crippen LogP contribution < -0.4 is 10.6 Å². The van der Waals surface area contributed by atoms with Crippen LogP contribution in [0.5, 0.6) is 0 Å². The first-order chi connectivity index (χ1) is 18.2. The molecule has 38 heavy (non-hydrogen) atoms. The van der Waals surface area contributed by atoms with Crippen molar-refractivity contribution in [3.05, 3.63) is 59.3 Å². The van der Waals surface area contributed by atoms with Crippen molar-refractivity contribution in [3.63, 3.8) is 0 Å². The Labute approximate surface area is 221 Å². The third-order valence-electron chi connectivity index (χ3n) is 7.39. The summed E-state index contributed by atoms with van der Waals surface area (Å²) in [6.45, 7) is 2.85. The van der Waals surface area contributed by atoms with Gasteiger partial charge >= 0.3 is 5.97 Å². The Balaban J connectivity index is 1.45. The van der Waals surface area contributed by atoms with Gasteiger partial charge in [0.1, 0.15) is 5.82 Å². The lowest BCUT2D eigenvalue weighted by molar-refractivity contribution is 0.0287. The number of anilines is 2. The van der Waals surface area contributed by atoms with Crippen LogP contribution in [0, 0.1) is 22.7 Å². The Hall–Kier alpha value is -3.95. The first-order valence-corrected chi connectivity index (χ1v) is 14.0. The van der Waals surface area contributed by atoms with Gasteiger partial charge in [-0.3, -0.25) is 4.99 Å². The van der Waals surface area contributed by atoms with Gasteiger partial charge in [0.15, 0.2) is 6.29 Å². The van der Waals surface area contributed by atoms with Gasteiger partial charge in [0, 0.05) is 60.7 Å². The van der Waals surface area contributed by atoms with E-state index in [0.29, 0.717) is 31.7 Å². The van der Waals surface area contributed by atoms with Crippen LogP contribution in [0.25, 0.3) is 0 Å². The molecule has 3 aliphatic rings. The van der Waals surface area contributed by atoms with Gasteiger partial charge in [-0.1, -0.05) is 6.08 Å². The van der Waals surface area contributed by atoms with E-state index in [1.165, 1.54) is 16.4 Å². The number of nitriles is 1. The summed E-state index contributed by atoms with van der Waals surface area (Å²) in [5.41, 5.74) is 2.85. The number of hydrogen-bond acceptors (Lipinski definition) is 8. The van der Waals surface area contributed by atoms with E-state index < -0.39 is 27.7 Å². The van der Waals surface area contributed by atoms with E-state index >= 15 is 0 Å². The number of H-pyrrole nitrogens is 1. The van der Waals surface area contributed by atoms with Crippen molar-refractivity contribution in [2.75, 3.05) is 36.0 Å². The molecule has 0 spiro atoms. The van der Waals surface area contributed by atoms with Gasteiger partial charge in [0.25, 0.3) is 0 Å². The molecule has 3 aliphatic heterocycles. The highest BCUT2D eigenvalue weighted by atomic mass is 32.2. The van der Waals surface area contributed by atoms with Crippen LogP contribution >= 0.6 is 0 Å². The molecule has 198 valence electrons. The number of benzene rings is 1. The molecule has 0 saturated carbocycles. The number of carboxylic acids is 1. The molecule has 5 rings (SSSR count). The Kier molecular flexibility index (Phi) is 6.81. The lowest BCUT2D eigenvalue weighted by Crippen LogP contribution is -2.61. The third kappa shape index (κ3) is 4.82. The van der Waals surface area contributed by atoms with Gasteiger partial charge in [0.05, 0.1) is 23.1 Å². The minimum absolute atomic E-state index is 0.0397. The average Bonchev–Trinajstić information content (AvgIpc) is 3.21. The highest BCUT2D eigenvalue weighted by molar-refractivity contribution is 7.89. The minimum Gasteiger partial charge on any atom is -0.478 e. The molecular weight excluding hydrogens is 506 g/mol. The molecule has 0 radical (unpaired) electrons. The molecule has 2 unspecified atom stereocenters. The topological polar surface area (TPSA) is 163 Å². The maximum absolute atomic E-state index is 12.4. The maximum Gasteiger partial charge on any atom is 0.335 e. The molecule has 1 aromatic heterocycles. The van der Waals surface area contributed by atoms with Crippen LogP contribution in [0.4, 0.5) is 11.5 Å². The summed E-state index contributed by atoms with van der Waals surface area (Å²) in [6, 6.07) is 10.6. The summed E-state index contributed by atoms with van der Waals surface area (Å²) in [5, 5.41) is 25.3. The summed E-state index contributed by atoms with van der Waals surface area (Å²) < 4.78 is 26.3. The number of nitrogens with zero attached hydrogens (tertiary/aromatic N) is 4. The zero-order chi connectivity index (χ0) is 26.9. The van der Waals surface area contributed by atoms with Gasteiger partial charge in [-0.05, 0) is 49.6 Å². The minimum atomic E-state index is -3.31. The molecule has 4 heterocycles. The molecule has 1 aromatic carbocycles. The molecule has 1 fully saturated rings. The zero-order valence-corrected chi connectivity index (χ0v) is 21.7. The summed E-state index contributed by atoms with van der Waals surface area (Å²) in [4.78, 5) is 23.9. The second-order valence-corrected chi connectivity index (χ2v) is 12.0. The van der Waals surface area contributed by atoms with Crippen LogP contribution in [0.1, 0.15) is 35.7 Å². The number of rotatable bonds is 8. The Bertz CT molecular complexity index is 1460. The largest absolute Gasteiger partial charge is 0.478 e. The van der Waals surface area contributed by atoms with Crippen molar-refractivity contribution in [1.82, 2.24) is 9.29 Å². The van der Waals surface area contributed by atoms with Crippen LogP contribution in [0.2, 0.25) is 0 Å². The molecule has 2 atom stereocenters. The number of aliphatic imine (C=N–C) groups is 2. The first kappa shape index (κ1) is 25.7. The fourth-order valence-corrected chi connectivity index (χ4v) is 6.50. The Morgan fingerprint density at radius 1 is 1.29 bits per heavy atom. The van der Waals surface area contributed by atoms with Gasteiger partial charge in [-0.25, -0.2) is 22.5 Å². The highest BCUT2D eigenvalue weighted by Crippen LogP contribution is 2.45. The van der Waals surface area contributed by atoms with Crippen LogP contribution in [-0.4, -0.2) is 72.4 Å². The number of sulfonamides is 1. The van der Waals surface area contributed by atoms with E-state index in [2.05, 4.69) is 32.8 Å². The van der Waals surface area contributed by atoms with E-state index in [0.717, 1.165) is 22.7 Å². The fourth-order valence-electron chi connectivity index (χ4n) is 5.23. The summed E-state index contributed by atoms with van der Waals surface area (Å²) >= 11 is 0. The highest BCUT2D eigenvalue weighted by Gasteiger charge is 2.51. The SMILES string of the molecule is CCS(=O)(=O)N1CC(CC#N)(C2C=C(C3=NC(Nc4ccc(C(=O)O)cc4)Nc4[nH]ccc43)C=NCC2)C1. The molecule has 4 N–H and O–H groups in total.